The van der Waals surface area contributed by atoms with Crippen LogP contribution in [0.2, 0.25) is 5.02 Å². The van der Waals surface area contributed by atoms with E-state index in [0.717, 1.165) is 25.3 Å². The van der Waals surface area contributed by atoms with Crippen molar-refractivity contribution in [3.8, 4) is 5.75 Å². The number of carbonyl (C=O) groups excluding carboxylic acids is 1. The number of nitrogens with one attached hydrogen (secondary N) is 1. The van der Waals surface area contributed by atoms with Gasteiger partial charge in [-0.25, -0.2) is 8.42 Å². The van der Waals surface area contributed by atoms with Gasteiger partial charge in [0, 0.05) is 30.9 Å². The highest BCUT2D eigenvalue weighted by molar-refractivity contribution is 7.89. The van der Waals surface area contributed by atoms with Crippen molar-refractivity contribution in [2.75, 3.05) is 25.5 Å². The number of methoxy groups -OCH3 is 1. The summed E-state index contributed by atoms with van der Waals surface area (Å²) in [7, 11) is -2.42. The van der Waals surface area contributed by atoms with Crippen molar-refractivity contribution in [1.82, 2.24) is 4.31 Å². The summed E-state index contributed by atoms with van der Waals surface area (Å²) >= 11 is 6.00. The largest absolute Gasteiger partial charge is 0.495 e. The molecule has 1 aliphatic heterocycles. The highest BCUT2D eigenvalue weighted by Gasteiger charge is 2.29. The van der Waals surface area contributed by atoms with Crippen LogP contribution in [0.15, 0.2) is 41.3 Å². The van der Waals surface area contributed by atoms with Gasteiger partial charge in [-0.2, -0.15) is 4.31 Å². The van der Waals surface area contributed by atoms with Crippen LogP contribution in [0.3, 0.4) is 0 Å². The summed E-state index contributed by atoms with van der Waals surface area (Å²) in [6.45, 7) is 0.862. The average molecular weight is 454 g/mol. The normalized spacial score (nSPS) is 14.9. The molecule has 2 aromatic carbocycles. The highest BCUT2D eigenvalue weighted by atomic mass is 35.5. The minimum absolute atomic E-state index is 0.0264. The van der Waals surface area contributed by atoms with Crippen LogP contribution in [0.5, 0.6) is 5.75 Å². The Morgan fingerprint density at radius 2 is 1.87 bits per heavy atom. The lowest BCUT2D eigenvalue weighted by Gasteiger charge is -2.26. The Hall–Kier alpha value is -2.69. The van der Waals surface area contributed by atoms with Crippen LogP contribution < -0.4 is 10.1 Å². The number of non-ortho nitro benzene ring substituents is 1. The minimum Gasteiger partial charge on any atom is -0.495 e. The number of nitrogens with zero attached hydrogens (tertiary/aromatic N) is 2. The number of sulfonamides is 1. The zero-order valence-corrected chi connectivity index (χ0v) is 17.7. The SMILES string of the molecule is COc1ccc(NC(=O)c2ccc([N+](=O)[O-])cc2Cl)cc1S(=O)(=O)N1CCCCC1. The molecule has 0 bridgehead atoms. The molecule has 1 N–H and O–H groups in total. The number of hydrogen-bond acceptors (Lipinski definition) is 6. The molecule has 1 aliphatic rings. The van der Waals surface area contributed by atoms with E-state index in [-0.39, 0.29) is 32.6 Å². The number of ether oxygens (including phenoxy) is 1. The zero-order valence-electron chi connectivity index (χ0n) is 16.1. The molecule has 2 aromatic rings. The third-order valence-corrected chi connectivity index (χ3v) is 7.00. The van der Waals surface area contributed by atoms with E-state index in [1.54, 1.807) is 0 Å². The highest BCUT2D eigenvalue weighted by Crippen LogP contribution is 2.31. The van der Waals surface area contributed by atoms with Gasteiger partial charge in [0.15, 0.2) is 0 Å². The summed E-state index contributed by atoms with van der Waals surface area (Å²) < 4.78 is 32.8. The molecule has 0 aliphatic carbocycles. The molecule has 160 valence electrons. The number of halogens is 1. The van der Waals surface area contributed by atoms with Crippen LogP contribution in [0.1, 0.15) is 29.6 Å². The predicted octanol–water partition coefficient (Wildman–Crippen LogP) is 3.68. The number of piperidine rings is 1. The van der Waals surface area contributed by atoms with Crippen molar-refractivity contribution < 1.29 is 22.9 Å². The van der Waals surface area contributed by atoms with E-state index < -0.39 is 20.9 Å². The topological polar surface area (TPSA) is 119 Å². The first kappa shape index (κ1) is 22.0. The van der Waals surface area contributed by atoms with Crippen molar-refractivity contribution in [3.05, 3.63) is 57.1 Å². The van der Waals surface area contributed by atoms with Crippen LogP contribution in [-0.4, -0.2) is 43.8 Å². The molecule has 11 heteroatoms. The number of nitro groups is 1. The molecule has 3 rings (SSSR count). The molecule has 0 radical (unpaired) electrons. The molecule has 1 saturated heterocycles. The Morgan fingerprint density at radius 1 is 1.17 bits per heavy atom. The molecule has 9 nitrogen and oxygen atoms in total. The van der Waals surface area contributed by atoms with E-state index in [1.165, 1.54) is 41.7 Å². The lowest BCUT2D eigenvalue weighted by atomic mass is 10.2. The van der Waals surface area contributed by atoms with E-state index in [9.17, 15) is 23.3 Å². The van der Waals surface area contributed by atoms with E-state index in [2.05, 4.69) is 5.32 Å². The Balaban J connectivity index is 1.90. The monoisotopic (exact) mass is 453 g/mol. The van der Waals surface area contributed by atoms with Gasteiger partial charge >= 0.3 is 0 Å². The van der Waals surface area contributed by atoms with Crippen molar-refractivity contribution >= 4 is 38.9 Å². The zero-order chi connectivity index (χ0) is 21.9. The first-order valence-electron chi connectivity index (χ1n) is 9.17. The van der Waals surface area contributed by atoms with Crippen molar-refractivity contribution in [2.24, 2.45) is 0 Å². The van der Waals surface area contributed by atoms with E-state index in [4.69, 9.17) is 16.3 Å². The standard InChI is InChI=1S/C19H20ClN3O6S/c1-29-17-8-5-13(11-18(17)30(27,28)22-9-3-2-4-10-22)21-19(24)15-7-6-14(23(25)26)12-16(15)20/h5-8,11-12H,2-4,9-10H2,1H3,(H,21,24). The maximum atomic E-state index is 13.1. The summed E-state index contributed by atoms with van der Waals surface area (Å²) in [5.74, 6) is -0.451. The van der Waals surface area contributed by atoms with Gasteiger partial charge in [0.05, 0.1) is 22.6 Å². The summed E-state index contributed by atoms with van der Waals surface area (Å²) in [5.41, 5.74) is 0.0141. The molecule has 1 heterocycles. The van der Waals surface area contributed by atoms with Crippen molar-refractivity contribution in [1.29, 1.82) is 0 Å². The number of amides is 1. The van der Waals surface area contributed by atoms with Gasteiger partial charge in [0.25, 0.3) is 11.6 Å². The smallest absolute Gasteiger partial charge is 0.270 e. The van der Waals surface area contributed by atoms with Gasteiger partial charge in [-0.1, -0.05) is 18.0 Å². The molecular weight excluding hydrogens is 434 g/mol. The lowest BCUT2D eigenvalue weighted by Crippen LogP contribution is -2.35. The number of hydrogen-bond donors (Lipinski definition) is 1. The van der Waals surface area contributed by atoms with Gasteiger partial charge < -0.3 is 10.1 Å². The number of rotatable bonds is 6. The quantitative estimate of drug-likeness (QED) is 0.526. The van der Waals surface area contributed by atoms with Crippen LogP contribution in [0, 0.1) is 10.1 Å². The fourth-order valence-electron chi connectivity index (χ4n) is 3.20. The van der Waals surface area contributed by atoms with Crippen LogP contribution in [0.25, 0.3) is 0 Å². The van der Waals surface area contributed by atoms with Crippen LogP contribution in [0.4, 0.5) is 11.4 Å². The average Bonchev–Trinajstić information content (AvgIpc) is 2.74. The molecule has 0 atom stereocenters. The number of nitro benzene ring substituents is 1. The van der Waals surface area contributed by atoms with Gasteiger partial charge in [0.2, 0.25) is 10.0 Å². The third-order valence-electron chi connectivity index (χ3n) is 4.76. The molecule has 1 amide bonds. The van der Waals surface area contributed by atoms with E-state index >= 15 is 0 Å². The molecular formula is C19H20ClN3O6S. The van der Waals surface area contributed by atoms with Gasteiger partial charge in [-0.15, -0.1) is 0 Å². The van der Waals surface area contributed by atoms with Gasteiger partial charge in [0.1, 0.15) is 10.6 Å². The van der Waals surface area contributed by atoms with Crippen LogP contribution in [-0.2, 0) is 10.0 Å². The Morgan fingerprint density at radius 3 is 2.47 bits per heavy atom. The second-order valence-electron chi connectivity index (χ2n) is 6.71. The maximum Gasteiger partial charge on any atom is 0.270 e. The van der Waals surface area contributed by atoms with Crippen molar-refractivity contribution in [3.63, 3.8) is 0 Å². The first-order chi connectivity index (χ1) is 14.2. The molecule has 0 spiro atoms. The number of carbonyl (C=O) groups is 1. The molecule has 1 fully saturated rings. The molecule has 0 saturated carbocycles. The summed E-state index contributed by atoms with van der Waals surface area (Å²) in [6.07, 6.45) is 2.56. The molecule has 0 aromatic heterocycles. The van der Waals surface area contributed by atoms with Gasteiger partial charge in [-0.3, -0.25) is 14.9 Å². The summed E-state index contributed by atoms with van der Waals surface area (Å²) in [6, 6.07) is 7.79. The third kappa shape index (κ3) is 4.55. The minimum atomic E-state index is -3.80. The predicted molar refractivity (Wildman–Crippen MR) is 112 cm³/mol. The molecule has 0 unspecified atom stereocenters. The number of anilines is 1. The Labute approximate surface area is 178 Å². The Bertz CT molecular complexity index is 1080. The first-order valence-corrected chi connectivity index (χ1v) is 11.0. The van der Waals surface area contributed by atoms with E-state index in [1.807, 2.05) is 0 Å². The second kappa shape index (κ2) is 8.99. The Kier molecular flexibility index (Phi) is 6.59. The van der Waals surface area contributed by atoms with Crippen molar-refractivity contribution in [2.45, 2.75) is 24.2 Å². The van der Waals surface area contributed by atoms with Gasteiger partial charge in [-0.05, 0) is 37.1 Å². The maximum absolute atomic E-state index is 13.1. The number of benzene rings is 2. The van der Waals surface area contributed by atoms with E-state index in [0.29, 0.717) is 13.1 Å². The fourth-order valence-corrected chi connectivity index (χ4v) is 5.16. The summed E-state index contributed by atoms with van der Waals surface area (Å²) in [4.78, 5) is 22.7. The summed E-state index contributed by atoms with van der Waals surface area (Å²) in [5, 5.41) is 13.3. The molecule has 30 heavy (non-hydrogen) atoms. The van der Waals surface area contributed by atoms with Crippen LogP contribution >= 0.6 is 11.6 Å². The lowest BCUT2D eigenvalue weighted by molar-refractivity contribution is -0.384. The fraction of sp³-hybridized carbons (Fsp3) is 0.316. The second-order valence-corrected chi connectivity index (χ2v) is 9.02.